The Morgan fingerprint density at radius 2 is 0.421 bits per heavy atom. The Hall–Kier alpha value is 2.90. The molecule has 132 valence electrons. The van der Waals surface area contributed by atoms with Gasteiger partial charge in [-0.15, -0.1) is 0 Å². The van der Waals surface area contributed by atoms with Crippen LogP contribution in [-0.4, -0.2) is 183 Å². The van der Waals surface area contributed by atoms with Crippen molar-refractivity contribution in [3.8, 4) is 0 Å². The van der Waals surface area contributed by atoms with Crippen LogP contribution in [0.4, 0.5) is 0 Å². The second-order valence-corrected chi connectivity index (χ2v) is 1.54. The molecule has 0 atom stereocenters. The minimum atomic E-state index is -4.64. The second kappa shape index (κ2) is 104. The van der Waals surface area contributed by atoms with Gasteiger partial charge in [0.2, 0.25) is 0 Å². The topological polar surface area (TPSA) is 456 Å². The van der Waals surface area contributed by atoms with E-state index in [9.17, 15) is 0 Å². The van der Waals surface area contributed by atoms with Crippen molar-refractivity contribution < 1.29 is 85.0 Å². The molecule has 0 saturated heterocycles. The molecule has 0 aliphatic heterocycles. The molecule has 0 aromatic rings. The van der Waals surface area contributed by atoms with Crippen LogP contribution in [0.15, 0.2) is 0 Å². The van der Waals surface area contributed by atoms with E-state index in [0.29, 0.717) is 0 Å². The third-order valence-corrected chi connectivity index (χ3v) is 0. The maximum absolute atomic E-state index is 8.88. The molecule has 0 unspecified atom stereocenters. The Bertz CT molecular complexity index is 60.9. The Morgan fingerprint density at radius 3 is 0.421 bits per heavy atom. The molecule has 0 spiro atoms. The zero-order chi connectivity index (χ0) is 4.50. The molecular formula is H29K2O16P. The number of rotatable bonds is 0. The van der Waals surface area contributed by atoms with Crippen LogP contribution in [-0.2, 0) is 4.57 Å². The average Bonchev–Trinajstić information content (AvgIpc) is 0.722. The van der Waals surface area contributed by atoms with Gasteiger partial charge in [-0.1, -0.05) is 0 Å². The first kappa shape index (κ1) is 201. The molecule has 0 radical (unpaired) electrons. The Labute approximate surface area is 192 Å². The number of hydrogen-bond acceptors (Lipinski definition) is 1. The van der Waals surface area contributed by atoms with Crippen LogP contribution in [0.25, 0.3) is 0 Å². The first-order valence-corrected chi connectivity index (χ1v) is 2.35. The van der Waals surface area contributed by atoms with E-state index < -0.39 is 7.82 Å². The molecular weight excluding hydrogens is 365 g/mol. The summed E-state index contributed by atoms with van der Waals surface area (Å²) < 4.78 is 8.88. The summed E-state index contributed by atoms with van der Waals surface area (Å²) >= 11 is 0. The van der Waals surface area contributed by atoms with Crippen molar-refractivity contribution in [3.05, 3.63) is 0 Å². The molecule has 0 amide bonds. The summed E-state index contributed by atoms with van der Waals surface area (Å²) in [4.78, 5) is 21.6. The third-order valence-electron chi connectivity index (χ3n) is 0. The van der Waals surface area contributed by atoms with E-state index in [0.717, 1.165) is 0 Å². The number of hydrogen-bond donors (Lipinski definition) is 3. The van der Waals surface area contributed by atoms with Crippen molar-refractivity contribution in [1.82, 2.24) is 0 Å². The molecule has 0 aliphatic carbocycles. The summed E-state index contributed by atoms with van der Waals surface area (Å²) in [5.74, 6) is 0. The molecule has 0 heterocycles. The average molecular weight is 394 g/mol. The van der Waals surface area contributed by atoms with Gasteiger partial charge < -0.3 is 80.4 Å². The van der Waals surface area contributed by atoms with E-state index in [-0.39, 0.29) is 168 Å². The van der Waals surface area contributed by atoms with Gasteiger partial charge in [0.1, 0.15) is 0 Å². The van der Waals surface area contributed by atoms with E-state index in [2.05, 4.69) is 0 Å². The van der Waals surface area contributed by atoms with Crippen LogP contribution < -0.4 is 0 Å². The van der Waals surface area contributed by atoms with Gasteiger partial charge in [0.15, 0.2) is 0 Å². The van der Waals surface area contributed by atoms with Gasteiger partial charge in [-0.3, -0.25) is 0 Å². The van der Waals surface area contributed by atoms with Crippen LogP contribution in [0.3, 0.4) is 0 Å². The standard InChI is InChI=1S/2K.H3O4P.12H2O.2H/c;;1-5(2,3)4;;;;;;;;;;;;;;/h;;(H3,1,2,3,4);12*1H2;;. The van der Waals surface area contributed by atoms with E-state index in [4.69, 9.17) is 19.2 Å². The van der Waals surface area contributed by atoms with E-state index in [1.54, 1.807) is 0 Å². The van der Waals surface area contributed by atoms with Gasteiger partial charge in [0.25, 0.3) is 0 Å². The molecule has 0 rings (SSSR count). The Kier molecular flexibility index (Phi) is 1100. The normalized spacial score (nSPS) is 3.11. The zero-order valence-electron chi connectivity index (χ0n) is 8.20. The first-order chi connectivity index (χ1) is 2.00. The van der Waals surface area contributed by atoms with Crippen molar-refractivity contribution in [2.45, 2.75) is 0 Å². The van der Waals surface area contributed by atoms with Crippen molar-refractivity contribution >= 4 is 111 Å². The molecule has 0 saturated carbocycles. The monoisotopic (exact) mass is 394 g/mol. The van der Waals surface area contributed by atoms with Gasteiger partial charge in [-0.05, 0) is 0 Å². The minimum absolute atomic E-state index is 0. The Balaban J connectivity index is -0.000000000879. The zero-order valence-corrected chi connectivity index (χ0v) is 9.09. The van der Waals surface area contributed by atoms with E-state index >= 15 is 0 Å². The summed E-state index contributed by atoms with van der Waals surface area (Å²) in [6.07, 6.45) is 0. The van der Waals surface area contributed by atoms with E-state index in [1.165, 1.54) is 0 Å². The molecule has 0 bridgehead atoms. The summed E-state index contributed by atoms with van der Waals surface area (Å²) in [6, 6.07) is 0. The van der Waals surface area contributed by atoms with Gasteiger partial charge in [-0.25, -0.2) is 4.57 Å². The molecule has 19 heteroatoms. The molecule has 19 heavy (non-hydrogen) atoms. The van der Waals surface area contributed by atoms with Gasteiger partial charge in [0.05, 0.1) is 0 Å². The number of phosphoric acid groups is 1. The van der Waals surface area contributed by atoms with E-state index in [1.807, 2.05) is 0 Å². The summed E-state index contributed by atoms with van der Waals surface area (Å²) in [5.41, 5.74) is 0. The summed E-state index contributed by atoms with van der Waals surface area (Å²) in [5, 5.41) is 0. The molecule has 0 aliphatic rings. The molecule has 16 nitrogen and oxygen atoms in total. The Morgan fingerprint density at radius 1 is 0.421 bits per heavy atom. The van der Waals surface area contributed by atoms with Crippen molar-refractivity contribution in [2.24, 2.45) is 0 Å². The first-order valence-electron chi connectivity index (χ1n) is 0.783. The second-order valence-electron chi connectivity index (χ2n) is 0.513. The van der Waals surface area contributed by atoms with Gasteiger partial charge >= 0.3 is 111 Å². The maximum atomic E-state index is 8.88. The fourth-order valence-corrected chi connectivity index (χ4v) is 0. The predicted octanol–water partition coefficient (Wildman–Crippen LogP) is -12.1. The summed E-state index contributed by atoms with van der Waals surface area (Å²) in [6.45, 7) is 0. The van der Waals surface area contributed by atoms with Crippen LogP contribution in [0.2, 0.25) is 0 Å². The SMILES string of the molecule is O.O.O.O.O.O.O.O.O.O.O.O.O=P(O)(O)O.[KH].[KH]. The fourth-order valence-electron chi connectivity index (χ4n) is 0. The van der Waals surface area contributed by atoms with Gasteiger partial charge in [-0.2, -0.15) is 0 Å². The van der Waals surface area contributed by atoms with Crippen molar-refractivity contribution in [2.75, 3.05) is 0 Å². The predicted molar refractivity (Wildman–Crippen MR) is 71.9 cm³/mol. The summed E-state index contributed by atoms with van der Waals surface area (Å²) in [7, 11) is -4.64. The fraction of sp³-hybridized carbons (Fsp3) is 0. The van der Waals surface area contributed by atoms with Crippen molar-refractivity contribution in [3.63, 3.8) is 0 Å². The molecule has 0 aromatic carbocycles. The van der Waals surface area contributed by atoms with Crippen LogP contribution >= 0.6 is 7.82 Å². The molecule has 0 fully saturated rings. The van der Waals surface area contributed by atoms with Crippen LogP contribution in [0.5, 0.6) is 0 Å². The quantitative estimate of drug-likeness (QED) is 0.265. The van der Waals surface area contributed by atoms with Gasteiger partial charge in [0, 0.05) is 0 Å². The van der Waals surface area contributed by atoms with Crippen LogP contribution in [0.1, 0.15) is 0 Å². The third kappa shape index (κ3) is 886. The molecule has 27 N–H and O–H groups in total. The van der Waals surface area contributed by atoms with Crippen LogP contribution in [0, 0.1) is 0 Å². The molecule has 0 aromatic heterocycles. The van der Waals surface area contributed by atoms with Crippen molar-refractivity contribution in [1.29, 1.82) is 0 Å².